The van der Waals surface area contributed by atoms with Gasteiger partial charge in [-0.3, -0.25) is 0 Å². The van der Waals surface area contributed by atoms with Gasteiger partial charge in [0.1, 0.15) is 12.1 Å². The molecular formula is C11H20N4O. The fourth-order valence-corrected chi connectivity index (χ4v) is 1.26. The summed E-state index contributed by atoms with van der Waals surface area (Å²) in [6.45, 7) is 4.88. The van der Waals surface area contributed by atoms with Crippen LogP contribution < -0.4 is 11.1 Å². The standard InChI is InChI=1S/C11H20N4O/c1-2-10-8-11(15-9-14-10)13-5-3-6-16-7-4-12/h8-9H,2-7,12H2,1H3,(H,13,14,15). The van der Waals surface area contributed by atoms with E-state index >= 15 is 0 Å². The van der Waals surface area contributed by atoms with Crippen LogP contribution >= 0.6 is 0 Å². The number of anilines is 1. The van der Waals surface area contributed by atoms with Gasteiger partial charge in [0.05, 0.1) is 6.61 Å². The van der Waals surface area contributed by atoms with Crippen molar-refractivity contribution in [1.29, 1.82) is 0 Å². The molecule has 0 atom stereocenters. The summed E-state index contributed by atoms with van der Waals surface area (Å²) in [5, 5.41) is 3.23. The molecule has 0 saturated carbocycles. The van der Waals surface area contributed by atoms with Crippen molar-refractivity contribution in [3.8, 4) is 0 Å². The Bertz CT molecular complexity index is 293. The minimum Gasteiger partial charge on any atom is -0.380 e. The zero-order chi connectivity index (χ0) is 11.6. The molecule has 0 aliphatic rings. The first-order valence-corrected chi connectivity index (χ1v) is 5.69. The third-order valence-electron chi connectivity index (χ3n) is 2.12. The van der Waals surface area contributed by atoms with Gasteiger partial charge < -0.3 is 15.8 Å². The van der Waals surface area contributed by atoms with E-state index in [4.69, 9.17) is 10.5 Å². The third-order valence-corrected chi connectivity index (χ3v) is 2.12. The highest BCUT2D eigenvalue weighted by molar-refractivity contribution is 5.34. The molecule has 0 unspecified atom stereocenters. The van der Waals surface area contributed by atoms with Crippen molar-refractivity contribution in [2.24, 2.45) is 5.73 Å². The minimum atomic E-state index is 0.583. The van der Waals surface area contributed by atoms with Gasteiger partial charge in [-0.1, -0.05) is 6.92 Å². The van der Waals surface area contributed by atoms with E-state index in [9.17, 15) is 0 Å². The van der Waals surface area contributed by atoms with Gasteiger partial charge in [0, 0.05) is 31.5 Å². The van der Waals surface area contributed by atoms with Crippen LogP contribution in [0.5, 0.6) is 0 Å². The van der Waals surface area contributed by atoms with Crippen molar-refractivity contribution in [2.45, 2.75) is 19.8 Å². The number of ether oxygens (including phenoxy) is 1. The summed E-state index contributed by atoms with van der Waals surface area (Å²) in [6.07, 6.45) is 3.47. The largest absolute Gasteiger partial charge is 0.380 e. The molecule has 0 spiro atoms. The van der Waals surface area contributed by atoms with Gasteiger partial charge >= 0.3 is 0 Å². The molecule has 16 heavy (non-hydrogen) atoms. The monoisotopic (exact) mass is 224 g/mol. The van der Waals surface area contributed by atoms with Crippen LogP contribution in [-0.2, 0) is 11.2 Å². The van der Waals surface area contributed by atoms with E-state index in [1.807, 2.05) is 6.07 Å². The van der Waals surface area contributed by atoms with Crippen molar-refractivity contribution in [2.75, 3.05) is 31.6 Å². The number of aryl methyl sites for hydroxylation is 1. The normalized spacial score (nSPS) is 10.4. The smallest absolute Gasteiger partial charge is 0.129 e. The van der Waals surface area contributed by atoms with Gasteiger partial charge in [-0.2, -0.15) is 0 Å². The van der Waals surface area contributed by atoms with Crippen LogP contribution in [0.4, 0.5) is 5.82 Å². The Morgan fingerprint density at radius 3 is 3.00 bits per heavy atom. The first-order valence-electron chi connectivity index (χ1n) is 5.69. The molecule has 0 bridgehead atoms. The fraction of sp³-hybridized carbons (Fsp3) is 0.636. The number of aromatic nitrogens is 2. The molecule has 1 aromatic rings. The second kappa shape index (κ2) is 8.01. The van der Waals surface area contributed by atoms with Crippen LogP contribution in [0.2, 0.25) is 0 Å². The Kier molecular flexibility index (Phi) is 6.44. The van der Waals surface area contributed by atoms with Crippen molar-refractivity contribution >= 4 is 5.82 Å². The van der Waals surface area contributed by atoms with E-state index < -0.39 is 0 Å². The molecule has 5 nitrogen and oxygen atoms in total. The van der Waals surface area contributed by atoms with Crippen LogP contribution in [0, 0.1) is 0 Å². The summed E-state index contributed by atoms with van der Waals surface area (Å²) >= 11 is 0. The van der Waals surface area contributed by atoms with E-state index in [0.717, 1.165) is 37.5 Å². The number of hydrogen-bond donors (Lipinski definition) is 2. The van der Waals surface area contributed by atoms with Gasteiger partial charge in [0.25, 0.3) is 0 Å². The second-order valence-electron chi connectivity index (χ2n) is 3.43. The van der Waals surface area contributed by atoms with Crippen LogP contribution in [-0.4, -0.2) is 36.3 Å². The molecule has 0 radical (unpaired) electrons. The average molecular weight is 224 g/mol. The lowest BCUT2D eigenvalue weighted by Crippen LogP contribution is -2.12. The maximum atomic E-state index is 5.31. The number of nitrogens with one attached hydrogen (secondary N) is 1. The first-order chi connectivity index (χ1) is 7.86. The highest BCUT2D eigenvalue weighted by atomic mass is 16.5. The van der Waals surface area contributed by atoms with Gasteiger partial charge in [0.15, 0.2) is 0 Å². The maximum absolute atomic E-state index is 5.31. The highest BCUT2D eigenvalue weighted by Crippen LogP contribution is 2.04. The molecule has 3 N–H and O–H groups in total. The predicted octanol–water partition coefficient (Wildman–Crippen LogP) is 0.816. The summed E-state index contributed by atoms with van der Waals surface area (Å²) in [5.74, 6) is 0.880. The Balaban J connectivity index is 2.16. The fourth-order valence-electron chi connectivity index (χ4n) is 1.26. The Labute approximate surface area is 96.4 Å². The zero-order valence-corrected chi connectivity index (χ0v) is 9.78. The SMILES string of the molecule is CCc1cc(NCCCOCCN)ncn1. The summed E-state index contributed by atoms with van der Waals surface area (Å²) in [7, 11) is 0. The number of nitrogens with zero attached hydrogens (tertiary/aromatic N) is 2. The molecular weight excluding hydrogens is 204 g/mol. The summed E-state index contributed by atoms with van der Waals surface area (Å²) in [4.78, 5) is 8.28. The van der Waals surface area contributed by atoms with E-state index in [1.165, 1.54) is 0 Å². The zero-order valence-electron chi connectivity index (χ0n) is 9.78. The summed E-state index contributed by atoms with van der Waals surface area (Å²) < 4.78 is 5.27. The van der Waals surface area contributed by atoms with E-state index in [0.29, 0.717) is 13.2 Å². The maximum Gasteiger partial charge on any atom is 0.129 e. The van der Waals surface area contributed by atoms with Gasteiger partial charge in [0.2, 0.25) is 0 Å². The van der Waals surface area contributed by atoms with Crippen molar-refractivity contribution in [3.05, 3.63) is 18.1 Å². The quantitative estimate of drug-likeness (QED) is 0.639. The first kappa shape index (κ1) is 12.9. The van der Waals surface area contributed by atoms with Crippen LogP contribution in [0.3, 0.4) is 0 Å². The van der Waals surface area contributed by atoms with Crippen molar-refractivity contribution < 1.29 is 4.74 Å². The predicted molar refractivity (Wildman–Crippen MR) is 64.4 cm³/mol. The Hall–Kier alpha value is -1.20. The van der Waals surface area contributed by atoms with Gasteiger partial charge in [-0.15, -0.1) is 0 Å². The molecule has 0 aromatic carbocycles. The minimum absolute atomic E-state index is 0.583. The topological polar surface area (TPSA) is 73.1 Å². The molecule has 0 saturated heterocycles. The summed E-state index contributed by atoms with van der Waals surface area (Å²) in [6, 6.07) is 1.97. The molecule has 0 fully saturated rings. The third kappa shape index (κ3) is 5.04. The van der Waals surface area contributed by atoms with Gasteiger partial charge in [-0.25, -0.2) is 9.97 Å². The molecule has 0 amide bonds. The molecule has 0 aliphatic heterocycles. The molecule has 5 heteroatoms. The molecule has 1 rings (SSSR count). The molecule has 90 valence electrons. The van der Waals surface area contributed by atoms with Crippen molar-refractivity contribution in [1.82, 2.24) is 9.97 Å². The second-order valence-corrected chi connectivity index (χ2v) is 3.43. The lowest BCUT2D eigenvalue weighted by atomic mass is 10.3. The average Bonchev–Trinajstić information content (AvgIpc) is 2.34. The molecule has 1 heterocycles. The number of nitrogens with two attached hydrogens (primary N) is 1. The molecule has 1 aromatic heterocycles. The van der Waals surface area contributed by atoms with Crippen LogP contribution in [0.1, 0.15) is 19.0 Å². The van der Waals surface area contributed by atoms with E-state index in [2.05, 4.69) is 22.2 Å². The Morgan fingerprint density at radius 2 is 2.25 bits per heavy atom. The number of hydrogen-bond acceptors (Lipinski definition) is 5. The number of rotatable bonds is 8. The Morgan fingerprint density at radius 1 is 1.38 bits per heavy atom. The highest BCUT2D eigenvalue weighted by Gasteiger charge is 1.96. The van der Waals surface area contributed by atoms with Crippen LogP contribution in [0.25, 0.3) is 0 Å². The summed E-state index contributed by atoms with van der Waals surface area (Å²) in [5.41, 5.74) is 6.36. The van der Waals surface area contributed by atoms with Gasteiger partial charge in [-0.05, 0) is 12.8 Å². The van der Waals surface area contributed by atoms with E-state index in [1.54, 1.807) is 6.33 Å². The lowest BCUT2D eigenvalue weighted by Gasteiger charge is -2.06. The lowest BCUT2D eigenvalue weighted by molar-refractivity contribution is 0.141. The van der Waals surface area contributed by atoms with Crippen molar-refractivity contribution in [3.63, 3.8) is 0 Å². The van der Waals surface area contributed by atoms with Crippen LogP contribution in [0.15, 0.2) is 12.4 Å². The van der Waals surface area contributed by atoms with E-state index in [-0.39, 0.29) is 0 Å². The molecule has 0 aliphatic carbocycles.